The van der Waals surface area contributed by atoms with Crippen molar-refractivity contribution in [2.75, 3.05) is 14.1 Å². The summed E-state index contributed by atoms with van der Waals surface area (Å²) in [5.74, 6) is 0. The molecule has 1 unspecified atom stereocenters. The lowest BCUT2D eigenvalue weighted by Gasteiger charge is -2.25. The standard InChI is InChI=1S/C9H21NO/c1-8(11-10(5)6)7-9(2,3)4/h8H,7H2,1-6H3. The molecule has 0 bridgehead atoms. The first-order chi connectivity index (χ1) is 4.81. The highest BCUT2D eigenvalue weighted by atomic mass is 16.7. The van der Waals surface area contributed by atoms with Crippen LogP contribution in [-0.4, -0.2) is 25.3 Å². The van der Waals surface area contributed by atoms with Crippen LogP contribution in [0, 0.1) is 5.41 Å². The maximum atomic E-state index is 5.46. The highest BCUT2D eigenvalue weighted by Gasteiger charge is 2.16. The predicted octanol–water partition coefficient (Wildman–Crippen LogP) is 2.30. The second-order valence-electron chi connectivity index (χ2n) is 4.49. The topological polar surface area (TPSA) is 12.5 Å². The Morgan fingerprint density at radius 2 is 1.73 bits per heavy atom. The Labute approximate surface area is 70.5 Å². The van der Waals surface area contributed by atoms with Crippen molar-refractivity contribution in [3.8, 4) is 0 Å². The summed E-state index contributed by atoms with van der Waals surface area (Å²) in [6, 6.07) is 0. The lowest BCUT2D eigenvalue weighted by atomic mass is 9.90. The molecule has 1 atom stereocenters. The van der Waals surface area contributed by atoms with Crippen molar-refractivity contribution >= 4 is 0 Å². The first kappa shape index (κ1) is 10.9. The molecule has 68 valence electrons. The van der Waals surface area contributed by atoms with Gasteiger partial charge in [-0.15, -0.1) is 0 Å². The van der Waals surface area contributed by atoms with Crippen LogP contribution in [0.5, 0.6) is 0 Å². The van der Waals surface area contributed by atoms with Gasteiger partial charge < -0.3 is 0 Å². The van der Waals surface area contributed by atoms with Gasteiger partial charge in [-0.05, 0) is 18.8 Å². The molecule has 0 aliphatic heterocycles. The molecule has 0 aliphatic rings. The van der Waals surface area contributed by atoms with E-state index < -0.39 is 0 Å². The largest absolute Gasteiger partial charge is 0.297 e. The van der Waals surface area contributed by atoms with Gasteiger partial charge in [-0.3, -0.25) is 4.84 Å². The Hall–Kier alpha value is -0.0800. The van der Waals surface area contributed by atoms with Crippen molar-refractivity contribution in [3.05, 3.63) is 0 Å². The van der Waals surface area contributed by atoms with Crippen LogP contribution < -0.4 is 0 Å². The molecule has 2 nitrogen and oxygen atoms in total. The van der Waals surface area contributed by atoms with Crippen molar-refractivity contribution in [2.24, 2.45) is 5.41 Å². The third-order valence-electron chi connectivity index (χ3n) is 1.29. The fraction of sp³-hybridized carbons (Fsp3) is 1.00. The fourth-order valence-electron chi connectivity index (χ4n) is 1.26. The molecule has 0 aliphatic carbocycles. The zero-order valence-corrected chi connectivity index (χ0v) is 8.64. The van der Waals surface area contributed by atoms with E-state index in [0.29, 0.717) is 11.5 Å². The van der Waals surface area contributed by atoms with Gasteiger partial charge in [-0.1, -0.05) is 20.8 Å². The Bertz CT molecular complexity index is 105. The number of rotatable bonds is 3. The first-order valence-electron chi connectivity index (χ1n) is 4.15. The number of hydrogen-bond acceptors (Lipinski definition) is 2. The molecular weight excluding hydrogens is 138 g/mol. The predicted molar refractivity (Wildman–Crippen MR) is 48.3 cm³/mol. The average Bonchev–Trinajstić information content (AvgIpc) is 1.53. The molecule has 2 heteroatoms. The van der Waals surface area contributed by atoms with E-state index in [1.807, 2.05) is 14.1 Å². The Balaban J connectivity index is 3.61. The van der Waals surface area contributed by atoms with E-state index in [1.165, 1.54) is 0 Å². The van der Waals surface area contributed by atoms with E-state index in [1.54, 1.807) is 5.06 Å². The molecule has 0 aromatic rings. The molecular formula is C9H21NO. The van der Waals surface area contributed by atoms with E-state index in [-0.39, 0.29) is 0 Å². The molecule has 0 amide bonds. The highest BCUT2D eigenvalue weighted by molar-refractivity contribution is 4.65. The molecule has 0 aromatic heterocycles. The molecule has 0 saturated carbocycles. The second-order valence-corrected chi connectivity index (χ2v) is 4.49. The molecule has 11 heavy (non-hydrogen) atoms. The van der Waals surface area contributed by atoms with Crippen LogP contribution >= 0.6 is 0 Å². The summed E-state index contributed by atoms with van der Waals surface area (Å²) in [6.45, 7) is 8.78. The number of hydrogen-bond donors (Lipinski definition) is 0. The number of nitrogens with zero attached hydrogens (tertiary/aromatic N) is 1. The van der Waals surface area contributed by atoms with Crippen LogP contribution in [0.4, 0.5) is 0 Å². The van der Waals surface area contributed by atoms with Gasteiger partial charge >= 0.3 is 0 Å². The normalized spacial score (nSPS) is 15.5. The van der Waals surface area contributed by atoms with Crippen molar-refractivity contribution in [2.45, 2.75) is 40.2 Å². The summed E-state index contributed by atoms with van der Waals surface area (Å²) in [5.41, 5.74) is 0.357. The molecule has 0 heterocycles. The SMILES string of the molecule is CC(CC(C)(C)C)ON(C)C. The Morgan fingerprint density at radius 1 is 1.27 bits per heavy atom. The van der Waals surface area contributed by atoms with Crippen LogP contribution in [0.15, 0.2) is 0 Å². The van der Waals surface area contributed by atoms with Crippen LogP contribution in [0.2, 0.25) is 0 Å². The summed E-state index contributed by atoms with van der Waals surface area (Å²) in [4.78, 5) is 5.46. The van der Waals surface area contributed by atoms with Crippen molar-refractivity contribution in [3.63, 3.8) is 0 Å². The monoisotopic (exact) mass is 159 g/mol. The van der Waals surface area contributed by atoms with Gasteiger partial charge in [0.05, 0.1) is 6.10 Å². The summed E-state index contributed by atoms with van der Waals surface area (Å²) in [5, 5.41) is 1.76. The molecule has 0 saturated heterocycles. The third kappa shape index (κ3) is 7.82. The summed E-state index contributed by atoms with van der Waals surface area (Å²) >= 11 is 0. The van der Waals surface area contributed by atoms with E-state index in [9.17, 15) is 0 Å². The molecule has 0 aromatic carbocycles. The number of hydroxylamine groups is 2. The minimum absolute atomic E-state index is 0.310. The molecule has 0 radical (unpaired) electrons. The Kier molecular flexibility index (Phi) is 4.04. The van der Waals surface area contributed by atoms with Gasteiger partial charge in [-0.25, -0.2) is 0 Å². The van der Waals surface area contributed by atoms with Crippen molar-refractivity contribution in [1.82, 2.24) is 5.06 Å². The minimum Gasteiger partial charge on any atom is -0.297 e. The third-order valence-corrected chi connectivity index (χ3v) is 1.29. The summed E-state index contributed by atoms with van der Waals surface area (Å²) in [7, 11) is 3.83. The highest BCUT2D eigenvalue weighted by Crippen LogP contribution is 2.21. The van der Waals surface area contributed by atoms with Gasteiger partial charge in [0.25, 0.3) is 0 Å². The van der Waals surface area contributed by atoms with E-state index in [0.717, 1.165) is 6.42 Å². The summed E-state index contributed by atoms with van der Waals surface area (Å²) in [6.07, 6.45) is 1.40. The second kappa shape index (κ2) is 4.07. The molecule has 0 fully saturated rings. The van der Waals surface area contributed by atoms with Gasteiger partial charge in [0.15, 0.2) is 0 Å². The Morgan fingerprint density at radius 3 is 2.00 bits per heavy atom. The van der Waals surface area contributed by atoms with E-state index >= 15 is 0 Å². The van der Waals surface area contributed by atoms with Crippen molar-refractivity contribution in [1.29, 1.82) is 0 Å². The van der Waals surface area contributed by atoms with E-state index in [2.05, 4.69) is 27.7 Å². The molecule has 0 spiro atoms. The zero-order valence-electron chi connectivity index (χ0n) is 8.64. The average molecular weight is 159 g/mol. The quantitative estimate of drug-likeness (QED) is 0.586. The van der Waals surface area contributed by atoms with E-state index in [4.69, 9.17) is 4.84 Å². The maximum absolute atomic E-state index is 5.46. The zero-order chi connectivity index (χ0) is 9.07. The van der Waals surface area contributed by atoms with Gasteiger partial charge in [0.1, 0.15) is 0 Å². The summed E-state index contributed by atoms with van der Waals surface area (Å²) < 4.78 is 0. The molecule has 0 N–H and O–H groups in total. The van der Waals surface area contributed by atoms with Crippen LogP contribution in [-0.2, 0) is 4.84 Å². The molecule has 0 rings (SSSR count). The first-order valence-corrected chi connectivity index (χ1v) is 4.15. The smallest absolute Gasteiger partial charge is 0.0769 e. The lowest BCUT2D eigenvalue weighted by molar-refractivity contribution is -0.166. The van der Waals surface area contributed by atoms with Crippen LogP contribution in [0.1, 0.15) is 34.1 Å². The fourth-order valence-corrected chi connectivity index (χ4v) is 1.26. The van der Waals surface area contributed by atoms with Crippen LogP contribution in [0.25, 0.3) is 0 Å². The van der Waals surface area contributed by atoms with Crippen molar-refractivity contribution < 1.29 is 4.84 Å². The maximum Gasteiger partial charge on any atom is 0.0769 e. The van der Waals surface area contributed by atoms with Gasteiger partial charge in [0.2, 0.25) is 0 Å². The van der Waals surface area contributed by atoms with Gasteiger partial charge in [0, 0.05) is 14.1 Å². The van der Waals surface area contributed by atoms with Gasteiger partial charge in [-0.2, -0.15) is 5.06 Å². The minimum atomic E-state index is 0.310. The van der Waals surface area contributed by atoms with Crippen LogP contribution in [0.3, 0.4) is 0 Å². The lowest BCUT2D eigenvalue weighted by Crippen LogP contribution is -2.24.